The highest BCUT2D eigenvalue weighted by Crippen LogP contribution is 2.30. The second-order valence-corrected chi connectivity index (χ2v) is 8.55. The number of benzene rings is 1. The number of nitrogens with zero attached hydrogens (tertiary/aromatic N) is 3. The van der Waals surface area contributed by atoms with Crippen LogP contribution < -0.4 is 10.1 Å². The molecule has 0 amide bonds. The highest BCUT2D eigenvalue weighted by Gasteiger charge is 2.20. The summed E-state index contributed by atoms with van der Waals surface area (Å²) in [5.74, 6) is 2.80. The maximum atomic E-state index is 11.6. The molecule has 1 aromatic carbocycles. The first-order chi connectivity index (χ1) is 13.1. The number of anilines is 1. The predicted molar refractivity (Wildman–Crippen MR) is 107 cm³/mol. The van der Waals surface area contributed by atoms with E-state index in [1.54, 1.807) is 6.20 Å². The Labute approximate surface area is 162 Å². The number of fused-ring (bicyclic) bond motifs is 2. The lowest BCUT2D eigenvalue weighted by molar-refractivity contribution is 0.230. The molecule has 7 heteroatoms. The monoisotopic (exact) mass is 386 g/mol. The third kappa shape index (κ3) is 3.99. The molecule has 3 heterocycles. The minimum Gasteiger partial charge on any atom is -0.493 e. The van der Waals surface area contributed by atoms with Crippen molar-refractivity contribution in [3.8, 4) is 5.75 Å². The van der Waals surface area contributed by atoms with E-state index in [1.807, 2.05) is 0 Å². The summed E-state index contributed by atoms with van der Waals surface area (Å²) in [6.45, 7) is 7.83. The van der Waals surface area contributed by atoms with Crippen LogP contribution in [-0.4, -0.2) is 45.3 Å². The number of hydrogen-bond acceptors (Lipinski definition) is 6. The lowest BCUT2D eigenvalue weighted by Crippen LogP contribution is -2.32. The van der Waals surface area contributed by atoms with E-state index in [4.69, 9.17) is 4.74 Å². The molecule has 27 heavy (non-hydrogen) atoms. The smallest absolute Gasteiger partial charge is 0.222 e. The van der Waals surface area contributed by atoms with Crippen LogP contribution in [0.3, 0.4) is 0 Å². The summed E-state index contributed by atoms with van der Waals surface area (Å²) in [6, 6.07) is 6.92. The second kappa shape index (κ2) is 7.94. The molecule has 2 unspecified atom stereocenters. The van der Waals surface area contributed by atoms with Crippen molar-refractivity contribution in [2.75, 3.05) is 31.6 Å². The van der Waals surface area contributed by atoms with E-state index in [0.717, 1.165) is 49.7 Å². The normalized spacial score (nSPS) is 18.9. The van der Waals surface area contributed by atoms with Crippen molar-refractivity contribution in [3.05, 3.63) is 46.8 Å². The van der Waals surface area contributed by atoms with Gasteiger partial charge in [-0.1, -0.05) is 19.1 Å². The fourth-order valence-electron chi connectivity index (χ4n) is 3.74. The van der Waals surface area contributed by atoms with Gasteiger partial charge in [0.15, 0.2) is 0 Å². The Morgan fingerprint density at radius 2 is 2.22 bits per heavy atom. The quantitative estimate of drug-likeness (QED) is 0.789. The topological polar surface area (TPSA) is 67.3 Å². The molecule has 6 nitrogen and oxygen atoms in total. The molecular weight excluding hydrogens is 360 g/mol. The Balaban J connectivity index is 1.35. The fourth-order valence-corrected chi connectivity index (χ4v) is 4.99. The van der Waals surface area contributed by atoms with Gasteiger partial charge in [0.05, 0.1) is 23.8 Å². The Hall–Kier alpha value is -1.99. The van der Waals surface area contributed by atoms with Crippen molar-refractivity contribution < 1.29 is 8.95 Å². The van der Waals surface area contributed by atoms with E-state index in [2.05, 4.69) is 52.2 Å². The van der Waals surface area contributed by atoms with E-state index in [1.165, 1.54) is 11.1 Å². The summed E-state index contributed by atoms with van der Waals surface area (Å²) in [5.41, 5.74) is 4.53. The van der Waals surface area contributed by atoms with Gasteiger partial charge < -0.3 is 10.1 Å². The van der Waals surface area contributed by atoms with Crippen molar-refractivity contribution in [1.82, 2.24) is 14.9 Å². The molecule has 0 saturated carbocycles. The predicted octanol–water partition coefficient (Wildman–Crippen LogP) is 2.67. The van der Waals surface area contributed by atoms with Gasteiger partial charge in [-0.05, 0) is 30.7 Å². The van der Waals surface area contributed by atoms with E-state index < -0.39 is 10.8 Å². The molecule has 1 N–H and O–H groups in total. The van der Waals surface area contributed by atoms with E-state index >= 15 is 0 Å². The zero-order valence-electron chi connectivity index (χ0n) is 15.9. The summed E-state index contributed by atoms with van der Waals surface area (Å²) in [6.07, 6.45) is 2.82. The summed E-state index contributed by atoms with van der Waals surface area (Å²) in [4.78, 5) is 11.3. The molecule has 0 fully saturated rings. The van der Waals surface area contributed by atoms with Crippen molar-refractivity contribution in [2.24, 2.45) is 0 Å². The van der Waals surface area contributed by atoms with E-state index in [9.17, 15) is 4.21 Å². The standard InChI is InChI=1S/C20H26N4O2S/c1-3-24(14(2)16-5-4-15-6-9-26-19(15)10-16)8-7-21-20-22-11-17-12-27(25)13-18(17)23-20/h4-5,10-11,14H,3,6-9,12-13H2,1-2H3,(H,21,22,23). The third-order valence-electron chi connectivity index (χ3n) is 5.41. The molecule has 2 aromatic rings. The van der Waals surface area contributed by atoms with Crippen LogP contribution in [-0.2, 0) is 28.7 Å². The van der Waals surface area contributed by atoms with Gasteiger partial charge in [0.2, 0.25) is 5.95 Å². The van der Waals surface area contributed by atoms with Crippen LogP contribution in [0, 0.1) is 0 Å². The average molecular weight is 387 g/mol. The lowest BCUT2D eigenvalue weighted by atomic mass is 10.0. The molecule has 0 spiro atoms. The molecule has 2 atom stereocenters. The maximum Gasteiger partial charge on any atom is 0.222 e. The van der Waals surface area contributed by atoms with Gasteiger partial charge in [0, 0.05) is 48.1 Å². The minimum atomic E-state index is -0.818. The first-order valence-corrected chi connectivity index (χ1v) is 11.1. The van der Waals surface area contributed by atoms with Crippen LogP contribution in [0.2, 0.25) is 0 Å². The largest absolute Gasteiger partial charge is 0.493 e. The molecular formula is C20H26N4O2S. The number of likely N-dealkylation sites (N-methyl/N-ethyl adjacent to an activating group) is 1. The van der Waals surface area contributed by atoms with Gasteiger partial charge in [-0.2, -0.15) is 0 Å². The fraction of sp³-hybridized carbons (Fsp3) is 0.500. The van der Waals surface area contributed by atoms with Crippen molar-refractivity contribution in [1.29, 1.82) is 0 Å². The minimum absolute atomic E-state index is 0.315. The van der Waals surface area contributed by atoms with Crippen LogP contribution in [0.5, 0.6) is 5.75 Å². The molecule has 4 rings (SSSR count). The Kier molecular flexibility index (Phi) is 5.41. The van der Waals surface area contributed by atoms with E-state index in [-0.39, 0.29) is 0 Å². The van der Waals surface area contributed by atoms with Crippen molar-refractivity contribution in [3.63, 3.8) is 0 Å². The lowest BCUT2D eigenvalue weighted by Gasteiger charge is -2.28. The summed E-state index contributed by atoms with van der Waals surface area (Å²) in [5, 5.41) is 3.31. The van der Waals surface area contributed by atoms with Gasteiger partial charge in [-0.3, -0.25) is 9.11 Å². The third-order valence-corrected chi connectivity index (χ3v) is 6.64. The maximum absolute atomic E-state index is 11.6. The van der Waals surface area contributed by atoms with Gasteiger partial charge in [0.25, 0.3) is 0 Å². The summed E-state index contributed by atoms with van der Waals surface area (Å²) < 4.78 is 17.4. The number of aromatic nitrogens is 2. The van der Waals surface area contributed by atoms with Crippen molar-refractivity contribution >= 4 is 16.7 Å². The van der Waals surface area contributed by atoms with Crippen LogP contribution >= 0.6 is 0 Å². The Bertz CT molecular complexity index is 858. The van der Waals surface area contributed by atoms with Gasteiger partial charge >= 0.3 is 0 Å². The Morgan fingerprint density at radius 3 is 3.07 bits per heavy atom. The average Bonchev–Trinajstić information content (AvgIpc) is 3.28. The zero-order valence-corrected chi connectivity index (χ0v) is 16.7. The molecule has 0 radical (unpaired) electrons. The van der Waals surface area contributed by atoms with Gasteiger partial charge in [0.1, 0.15) is 5.75 Å². The molecule has 0 aliphatic carbocycles. The molecule has 2 aliphatic heterocycles. The molecule has 2 aliphatic rings. The Morgan fingerprint density at radius 1 is 1.33 bits per heavy atom. The van der Waals surface area contributed by atoms with Crippen LogP contribution in [0.4, 0.5) is 5.95 Å². The first kappa shape index (κ1) is 18.4. The molecule has 1 aromatic heterocycles. The number of rotatable bonds is 7. The van der Waals surface area contributed by atoms with Crippen LogP contribution in [0.1, 0.15) is 42.3 Å². The zero-order chi connectivity index (χ0) is 18.8. The highest BCUT2D eigenvalue weighted by atomic mass is 32.2. The number of hydrogen-bond donors (Lipinski definition) is 1. The first-order valence-electron chi connectivity index (χ1n) is 9.57. The molecule has 0 bridgehead atoms. The van der Waals surface area contributed by atoms with Gasteiger partial charge in [-0.15, -0.1) is 0 Å². The van der Waals surface area contributed by atoms with E-state index in [0.29, 0.717) is 23.5 Å². The summed E-state index contributed by atoms with van der Waals surface area (Å²) in [7, 11) is -0.818. The van der Waals surface area contributed by atoms with Crippen molar-refractivity contribution in [2.45, 2.75) is 37.8 Å². The molecule has 144 valence electrons. The SMILES string of the molecule is CCN(CCNc1ncc2c(n1)CS(=O)C2)C(C)c1ccc2c(c1)OCC2. The second-order valence-electron chi connectivity index (χ2n) is 7.09. The van der Waals surface area contributed by atoms with Gasteiger partial charge in [-0.25, -0.2) is 9.97 Å². The van der Waals surface area contributed by atoms with Crippen LogP contribution in [0.15, 0.2) is 24.4 Å². The highest BCUT2D eigenvalue weighted by molar-refractivity contribution is 7.83. The molecule has 0 saturated heterocycles. The summed E-state index contributed by atoms with van der Waals surface area (Å²) >= 11 is 0. The van der Waals surface area contributed by atoms with Crippen LogP contribution in [0.25, 0.3) is 0 Å². The number of ether oxygens (including phenoxy) is 1. The number of nitrogens with one attached hydrogen (secondary N) is 1.